The van der Waals surface area contributed by atoms with E-state index in [1.54, 1.807) is 6.92 Å². The Bertz CT molecular complexity index is 290. The van der Waals surface area contributed by atoms with Gasteiger partial charge in [0.1, 0.15) is 0 Å². The average molecular weight is 250 g/mol. The third-order valence-electron chi connectivity index (χ3n) is 1.36. The highest BCUT2D eigenvalue weighted by Crippen LogP contribution is 1.95. The zero-order valence-electron chi connectivity index (χ0n) is 8.77. The zero-order chi connectivity index (χ0) is 12.4. The van der Waals surface area contributed by atoms with E-state index in [1.165, 1.54) is 0 Å². The van der Waals surface area contributed by atoms with Gasteiger partial charge >= 0.3 is 5.97 Å². The van der Waals surface area contributed by atoms with Gasteiger partial charge in [-0.05, 0) is 6.92 Å². The summed E-state index contributed by atoms with van der Waals surface area (Å²) in [5.41, 5.74) is -0.0180. The number of nitrogens with zero attached hydrogens (tertiary/aromatic N) is 1. The van der Waals surface area contributed by atoms with Crippen LogP contribution < -0.4 is 0 Å². The van der Waals surface area contributed by atoms with E-state index in [9.17, 15) is 14.4 Å². The van der Waals surface area contributed by atoms with Crippen LogP contribution >= 0.6 is 11.6 Å². The molecule has 0 aromatic heterocycles. The third kappa shape index (κ3) is 6.13. The minimum Gasteiger partial charge on any atom is -0.461 e. The molecule has 90 valence electrons. The first-order valence-corrected chi connectivity index (χ1v) is 5.09. The number of halogens is 1. The minimum absolute atomic E-state index is 0.0180. The monoisotopic (exact) mass is 249 g/mol. The van der Waals surface area contributed by atoms with Crippen molar-refractivity contribution in [3.8, 4) is 0 Å². The second-order valence-electron chi connectivity index (χ2n) is 2.56. The molecule has 0 rings (SSSR count). The molecule has 0 saturated carbocycles. The normalized spacial score (nSPS) is 10.8. The summed E-state index contributed by atoms with van der Waals surface area (Å²) in [6.07, 6.45) is 0.275. The molecule has 6 nitrogen and oxygen atoms in total. The molecule has 0 fully saturated rings. The minimum atomic E-state index is -0.766. The van der Waals surface area contributed by atoms with Crippen molar-refractivity contribution < 1.29 is 24.0 Å². The quantitative estimate of drug-likeness (QED) is 0.155. The first kappa shape index (κ1) is 14.6. The Kier molecular flexibility index (Phi) is 8.05. The molecule has 0 bridgehead atoms. The Balaban J connectivity index is 4.28. The Morgan fingerprint density at radius 1 is 1.44 bits per heavy atom. The lowest BCUT2D eigenvalue weighted by atomic mass is 10.3. The molecule has 0 aromatic carbocycles. The number of hydrogen-bond donors (Lipinski definition) is 0. The SMILES string of the molecule is CCOC(=O)C(CCCl)=NOCC(=O)C=O. The molecule has 0 atom stereocenters. The van der Waals surface area contributed by atoms with Crippen molar-refractivity contribution >= 4 is 35.4 Å². The van der Waals surface area contributed by atoms with Crippen LogP contribution in [0.2, 0.25) is 0 Å². The number of carbonyl (C=O) groups excluding carboxylic acids is 3. The maximum absolute atomic E-state index is 11.2. The van der Waals surface area contributed by atoms with E-state index in [1.807, 2.05) is 0 Å². The van der Waals surface area contributed by atoms with Crippen molar-refractivity contribution in [2.24, 2.45) is 5.16 Å². The fourth-order valence-corrected chi connectivity index (χ4v) is 0.876. The zero-order valence-corrected chi connectivity index (χ0v) is 9.53. The van der Waals surface area contributed by atoms with Gasteiger partial charge < -0.3 is 9.57 Å². The molecule has 0 aliphatic heterocycles. The van der Waals surface area contributed by atoms with Crippen molar-refractivity contribution in [1.29, 1.82) is 0 Å². The summed E-state index contributed by atoms with van der Waals surface area (Å²) in [5.74, 6) is -1.25. The van der Waals surface area contributed by atoms with Crippen molar-refractivity contribution in [2.45, 2.75) is 13.3 Å². The van der Waals surface area contributed by atoms with E-state index < -0.39 is 18.4 Å². The number of oxime groups is 1. The van der Waals surface area contributed by atoms with Crippen LogP contribution in [0.15, 0.2) is 5.16 Å². The standard InChI is InChI=1S/C9H12ClNO5/c1-2-15-9(14)8(3-4-10)11-16-6-7(13)5-12/h5H,2-4,6H2,1H3. The summed E-state index contributed by atoms with van der Waals surface area (Å²) < 4.78 is 4.68. The fourth-order valence-electron chi connectivity index (χ4n) is 0.697. The van der Waals surface area contributed by atoms with Gasteiger partial charge in [0.05, 0.1) is 6.61 Å². The Morgan fingerprint density at radius 3 is 2.62 bits per heavy atom. The van der Waals surface area contributed by atoms with Crippen LogP contribution in [0.25, 0.3) is 0 Å². The summed E-state index contributed by atoms with van der Waals surface area (Å²) in [5, 5.41) is 3.40. The molecule has 0 spiro atoms. The number of aldehydes is 1. The van der Waals surface area contributed by atoms with E-state index in [0.717, 1.165) is 0 Å². The number of esters is 1. The van der Waals surface area contributed by atoms with Crippen LogP contribution in [-0.4, -0.2) is 42.8 Å². The first-order chi connectivity index (χ1) is 7.65. The highest BCUT2D eigenvalue weighted by molar-refractivity contribution is 6.37. The molecule has 0 radical (unpaired) electrons. The number of ketones is 1. The largest absolute Gasteiger partial charge is 0.461 e. The van der Waals surface area contributed by atoms with Gasteiger partial charge in [-0.1, -0.05) is 5.16 Å². The molecule has 0 heterocycles. The van der Waals surface area contributed by atoms with Crippen LogP contribution in [-0.2, 0) is 24.0 Å². The fraction of sp³-hybridized carbons (Fsp3) is 0.556. The lowest BCUT2D eigenvalue weighted by molar-refractivity contribution is -0.136. The molecule has 7 heteroatoms. The van der Waals surface area contributed by atoms with E-state index in [0.29, 0.717) is 0 Å². The number of Topliss-reactive ketones (excluding diaryl/α,β-unsaturated/α-hetero) is 1. The average Bonchev–Trinajstić information content (AvgIpc) is 2.28. The number of ether oxygens (including phenoxy) is 1. The maximum atomic E-state index is 11.2. The number of hydrogen-bond acceptors (Lipinski definition) is 6. The Hall–Kier alpha value is -1.43. The van der Waals surface area contributed by atoms with E-state index in [-0.39, 0.29) is 30.9 Å². The van der Waals surface area contributed by atoms with Crippen LogP contribution in [0.4, 0.5) is 0 Å². The molecular formula is C9H12ClNO5. The smallest absolute Gasteiger partial charge is 0.356 e. The first-order valence-electron chi connectivity index (χ1n) is 4.55. The van der Waals surface area contributed by atoms with Gasteiger partial charge in [0, 0.05) is 12.3 Å². The van der Waals surface area contributed by atoms with Gasteiger partial charge in [-0.15, -0.1) is 11.6 Å². The molecule has 16 heavy (non-hydrogen) atoms. The molecule has 0 saturated heterocycles. The second-order valence-corrected chi connectivity index (χ2v) is 2.93. The Labute approximate surface area is 97.5 Å². The van der Waals surface area contributed by atoms with Gasteiger partial charge in [-0.2, -0.15) is 0 Å². The van der Waals surface area contributed by atoms with Gasteiger partial charge in [0.15, 0.2) is 18.6 Å². The molecule has 0 aliphatic carbocycles. The van der Waals surface area contributed by atoms with Crippen LogP contribution in [0.5, 0.6) is 0 Å². The van der Waals surface area contributed by atoms with Gasteiger partial charge in [0.25, 0.3) is 0 Å². The van der Waals surface area contributed by atoms with Gasteiger partial charge in [0.2, 0.25) is 5.78 Å². The summed E-state index contributed by atoms with van der Waals surface area (Å²) in [6, 6.07) is 0. The summed E-state index contributed by atoms with van der Waals surface area (Å²) in [4.78, 5) is 36.2. The maximum Gasteiger partial charge on any atom is 0.356 e. The summed E-state index contributed by atoms with van der Waals surface area (Å²) >= 11 is 5.44. The summed E-state index contributed by atoms with van der Waals surface area (Å²) in [6.45, 7) is 1.34. The second kappa shape index (κ2) is 8.84. The van der Waals surface area contributed by atoms with Crippen molar-refractivity contribution in [1.82, 2.24) is 0 Å². The van der Waals surface area contributed by atoms with E-state index in [2.05, 4.69) is 14.7 Å². The molecule has 0 aromatic rings. The molecule has 0 N–H and O–H groups in total. The Morgan fingerprint density at radius 2 is 2.12 bits per heavy atom. The molecule has 0 aliphatic rings. The highest BCUT2D eigenvalue weighted by Gasteiger charge is 2.13. The lowest BCUT2D eigenvalue weighted by Crippen LogP contribution is -2.19. The summed E-state index contributed by atoms with van der Waals surface area (Å²) in [7, 11) is 0. The van der Waals surface area contributed by atoms with Gasteiger partial charge in [-0.3, -0.25) is 9.59 Å². The van der Waals surface area contributed by atoms with Crippen molar-refractivity contribution in [2.75, 3.05) is 19.1 Å². The van der Waals surface area contributed by atoms with Crippen LogP contribution in [0.1, 0.15) is 13.3 Å². The highest BCUT2D eigenvalue weighted by atomic mass is 35.5. The van der Waals surface area contributed by atoms with Crippen LogP contribution in [0.3, 0.4) is 0 Å². The van der Waals surface area contributed by atoms with Crippen molar-refractivity contribution in [3.63, 3.8) is 0 Å². The lowest BCUT2D eigenvalue weighted by Gasteiger charge is -2.03. The van der Waals surface area contributed by atoms with E-state index >= 15 is 0 Å². The third-order valence-corrected chi connectivity index (χ3v) is 1.54. The number of rotatable bonds is 8. The molecule has 0 unspecified atom stereocenters. The topological polar surface area (TPSA) is 82.0 Å². The predicted octanol–water partition coefficient (Wildman–Crippen LogP) is 0.319. The molecule has 0 amide bonds. The number of alkyl halides is 1. The van der Waals surface area contributed by atoms with Crippen molar-refractivity contribution in [3.05, 3.63) is 0 Å². The number of carbonyl (C=O) groups is 3. The van der Waals surface area contributed by atoms with Crippen LogP contribution in [0, 0.1) is 0 Å². The predicted molar refractivity (Wildman–Crippen MR) is 56.4 cm³/mol. The van der Waals surface area contributed by atoms with E-state index in [4.69, 9.17) is 11.6 Å². The molecular weight excluding hydrogens is 238 g/mol. The van der Waals surface area contributed by atoms with Gasteiger partial charge in [-0.25, -0.2) is 4.79 Å².